The predicted octanol–water partition coefficient (Wildman–Crippen LogP) is 6.60. The van der Waals surface area contributed by atoms with Crippen LogP contribution < -0.4 is 0 Å². The van der Waals surface area contributed by atoms with Gasteiger partial charge in [0, 0.05) is 14.8 Å². The maximum Gasteiger partial charge on any atom is 0.127 e. The van der Waals surface area contributed by atoms with Gasteiger partial charge in [0.05, 0.1) is 4.83 Å². The topological polar surface area (TPSA) is 0 Å². The highest BCUT2D eigenvalue weighted by atomic mass is 79.9. The normalized spacial score (nSPS) is 16.4. The van der Waals surface area contributed by atoms with Gasteiger partial charge in [-0.1, -0.05) is 40.0 Å². The van der Waals surface area contributed by atoms with E-state index in [0.29, 0.717) is 10.6 Å². The van der Waals surface area contributed by atoms with Gasteiger partial charge in [0.15, 0.2) is 0 Å². The van der Waals surface area contributed by atoms with E-state index in [1.165, 1.54) is 53.5 Å². The lowest BCUT2D eigenvalue weighted by Gasteiger charge is -2.12. The molecule has 21 heavy (non-hydrogen) atoms. The molecule has 112 valence electrons. The maximum atomic E-state index is 13.6. The molecule has 0 aliphatic heterocycles. The van der Waals surface area contributed by atoms with E-state index in [4.69, 9.17) is 11.6 Å². The smallest absolute Gasteiger partial charge is 0.127 e. The second-order valence-corrected chi connectivity index (χ2v) is 8.13. The maximum absolute atomic E-state index is 13.6. The fraction of sp³-hybridized carbons (Fsp3) is 0.412. The summed E-state index contributed by atoms with van der Waals surface area (Å²) >= 11 is 11.9. The van der Waals surface area contributed by atoms with Crippen molar-refractivity contribution in [3.05, 3.63) is 55.5 Å². The van der Waals surface area contributed by atoms with Gasteiger partial charge in [-0.15, -0.1) is 11.3 Å². The SMILES string of the molecule is Cc1cc(C(Br)c2cc3c(s2)CCCCC3)c(Cl)cc1F. The first-order valence-corrected chi connectivity index (χ1v) is 9.38. The third-order valence-corrected chi connectivity index (χ3v) is 6.99. The van der Waals surface area contributed by atoms with Gasteiger partial charge in [-0.3, -0.25) is 0 Å². The molecule has 0 saturated carbocycles. The summed E-state index contributed by atoms with van der Waals surface area (Å²) in [6, 6.07) is 5.57. The second-order valence-electron chi connectivity index (χ2n) is 5.64. The summed E-state index contributed by atoms with van der Waals surface area (Å²) in [5.41, 5.74) is 3.08. The average Bonchev–Trinajstić information content (AvgIpc) is 2.73. The molecule has 0 fully saturated rings. The summed E-state index contributed by atoms with van der Waals surface area (Å²) in [6.45, 7) is 1.78. The number of halogens is 3. The van der Waals surface area contributed by atoms with Gasteiger partial charge in [-0.2, -0.15) is 0 Å². The molecule has 0 nitrogen and oxygen atoms in total. The highest BCUT2D eigenvalue weighted by molar-refractivity contribution is 9.09. The quantitative estimate of drug-likeness (QED) is 0.402. The molecule has 0 saturated heterocycles. The van der Waals surface area contributed by atoms with Crippen molar-refractivity contribution < 1.29 is 4.39 Å². The van der Waals surface area contributed by atoms with Crippen LogP contribution in [0.5, 0.6) is 0 Å². The van der Waals surface area contributed by atoms with Crippen LogP contribution in [0.25, 0.3) is 0 Å². The first-order chi connectivity index (χ1) is 10.1. The number of rotatable bonds is 2. The first-order valence-electron chi connectivity index (χ1n) is 7.27. The Balaban J connectivity index is 1.95. The van der Waals surface area contributed by atoms with Crippen molar-refractivity contribution in [1.82, 2.24) is 0 Å². The van der Waals surface area contributed by atoms with Crippen LogP contribution >= 0.6 is 38.9 Å². The van der Waals surface area contributed by atoms with Crippen LogP contribution in [0.1, 0.15) is 50.5 Å². The number of hydrogen-bond acceptors (Lipinski definition) is 1. The van der Waals surface area contributed by atoms with Crippen LogP contribution in [0, 0.1) is 12.7 Å². The van der Waals surface area contributed by atoms with Crippen molar-refractivity contribution in [3.8, 4) is 0 Å². The second kappa shape index (κ2) is 6.39. The molecule has 1 unspecified atom stereocenters. The fourth-order valence-corrected chi connectivity index (χ4v) is 5.28. The predicted molar refractivity (Wildman–Crippen MR) is 92.5 cm³/mol. The lowest BCUT2D eigenvalue weighted by molar-refractivity contribution is 0.618. The minimum absolute atomic E-state index is 0.0428. The summed E-state index contributed by atoms with van der Waals surface area (Å²) < 4.78 is 13.6. The van der Waals surface area contributed by atoms with Crippen LogP contribution in [0.15, 0.2) is 18.2 Å². The number of benzene rings is 1. The summed E-state index contributed by atoms with van der Waals surface area (Å²) in [4.78, 5) is 2.83. The van der Waals surface area contributed by atoms with E-state index in [-0.39, 0.29) is 10.6 Å². The lowest BCUT2D eigenvalue weighted by atomic mass is 10.1. The number of fused-ring (bicyclic) bond motifs is 1. The molecular formula is C17H17BrClFS. The molecule has 4 heteroatoms. The molecule has 1 aromatic heterocycles. The van der Waals surface area contributed by atoms with E-state index < -0.39 is 0 Å². The zero-order valence-electron chi connectivity index (χ0n) is 11.9. The first kappa shape index (κ1) is 15.5. The molecule has 1 heterocycles. The van der Waals surface area contributed by atoms with Crippen LogP contribution in [0.3, 0.4) is 0 Å². The Hall–Kier alpha value is -0.380. The molecule has 0 N–H and O–H groups in total. The van der Waals surface area contributed by atoms with Crippen LogP contribution in [-0.4, -0.2) is 0 Å². The highest BCUT2D eigenvalue weighted by Gasteiger charge is 2.20. The average molecular weight is 388 g/mol. The third-order valence-electron chi connectivity index (χ3n) is 4.07. The Morgan fingerprint density at radius 1 is 1.19 bits per heavy atom. The van der Waals surface area contributed by atoms with Gasteiger partial charge < -0.3 is 0 Å². The summed E-state index contributed by atoms with van der Waals surface area (Å²) in [6.07, 6.45) is 6.28. The summed E-state index contributed by atoms with van der Waals surface area (Å²) in [5, 5.41) is 0.489. The minimum Gasteiger partial charge on any atom is -0.207 e. The van der Waals surface area contributed by atoms with E-state index in [2.05, 4.69) is 22.0 Å². The number of aryl methyl sites for hydroxylation is 3. The highest BCUT2D eigenvalue weighted by Crippen LogP contribution is 2.41. The van der Waals surface area contributed by atoms with Gasteiger partial charge in [0.25, 0.3) is 0 Å². The molecular weight excluding hydrogens is 371 g/mol. The van der Waals surface area contributed by atoms with Crippen LogP contribution in [0.4, 0.5) is 4.39 Å². The van der Waals surface area contributed by atoms with Gasteiger partial charge in [-0.25, -0.2) is 4.39 Å². The monoisotopic (exact) mass is 386 g/mol. The minimum atomic E-state index is -0.245. The van der Waals surface area contributed by atoms with E-state index in [9.17, 15) is 4.39 Å². The van der Waals surface area contributed by atoms with Crippen molar-refractivity contribution in [3.63, 3.8) is 0 Å². The van der Waals surface area contributed by atoms with E-state index >= 15 is 0 Å². The van der Waals surface area contributed by atoms with E-state index in [0.717, 1.165) is 5.56 Å². The van der Waals surface area contributed by atoms with Crippen molar-refractivity contribution in [2.75, 3.05) is 0 Å². The molecule has 3 rings (SSSR count). The number of hydrogen-bond donors (Lipinski definition) is 0. The largest absolute Gasteiger partial charge is 0.207 e. The lowest BCUT2D eigenvalue weighted by Crippen LogP contribution is -1.94. The molecule has 1 aliphatic rings. The van der Waals surface area contributed by atoms with Gasteiger partial charge in [0.2, 0.25) is 0 Å². The third kappa shape index (κ3) is 3.20. The molecule has 2 aromatic rings. The summed E-state index contributed by atoms with van der Waals surface area (Å²) in [7, 11) is 0. The fourth-order valence-electron chi connectivity index (χ4n) is 2.84. The Bertz CT molecular complexity index is 642. The van der Waals surface area contributed by atoms with Gasteiger partial charge >= 0.3 is 0 Å². The van der Waals surface area contributed by atoms with Crippen molar-refractivity contribution in [1.29, 1.82) is 0 Å². The molecule has 0 radical (unpaired) electrons. The molecule has 0 amide bonds. The number of alkyl halides is 1. The van der Waals surface area contributed by atoms with Gasteiger partial charge in [-0.05, 0) is 61.4 Å². The Morgan fingerprint density at radius 3 is 2.76 bits per heavy atom. The van der Waals surface area contributed by atoms with Gasteiger partial charge in [0.1, 0.15) is 5.82 Å². The standard InChI is InChI=1S/C17H17BrClFS/c1-10-7-12(13(19)9-14(10)20)17(18)16-8-11-5-3-2-4-6-15(11)21-16/h7-9,17H,2-6H2,1H3. The Kier molecular flexibility index (Phi) is 4.72. The number of thiophene rings is 1. The molecule has 0 spiro atoms. The molecule has 1 aromatic carbocycles. The van der Waals surface area contributed by atoms with Crippen molar-refractivity contribution in [2.24, 2.45) is 0 Å². The van der Waals surface area contributed by atoms with Crippen LogP contribution in [-0.2, 0) is 12.8 Å². The van der Waals surface area contributed by atoms with Crippen LogP contribution in [0.2, 0.25) is 5.02 Å². The molecule has 0 bridgehead atoms. The Labute approximate surface area is 142 Å². The zero-order valence-corrected chi connectivity index (χ0v) is 15.0. The van der Waals surface area contributed by atoms with Crippen molar-refractivity contribution in [2.45, 2.75) is 43.9 Å². The Morgan fingerprint density at radius 2 is 1.95 bits per heavy atom. The molecule has 1 atom stereocenters. The molecule has 1 aliphatic carbocycles. The van der Waals surface area contributed by atoms with E-state index in [1.807, 2.05) is 17.4 Å². The van der Waals surface area contributed by atoms with E-state index in [1.54, 1.807) is 6.92 Å². The summed E-state index contributed by atoms with van der Waals surface area (Å²) in [5.74, 6) is -0.245. The zero-order chi connectivity index (χ0) is 15.0. The van der Waals surface area contributed by atoms with Crippen molar-refractivity contribution >= 4 is 38.9 Å².